The predicted molar refractivity (Wildman–Crippen MR) is 117 cm³/mol. The van der Waals surface area contributed by atoms with Crippen LogP contribution in [0, 0.1) is 0 Å². The Bertz CT molecular complexity index is 967. The quantitative estimate of drug-likeness (QED) is 0.557. The highest BCUT2D eigenvalue weighted by Crippen LogP contribution is 2.29. The number of hydrogen-bond acceptors (Lipinski definition) is 5. The molecule has 1 aliphatic carbocycles. The number of fused-ring (bicyclic) bond motifs is 1. The van der Waals surface area contributed by atoms with Gasteiger partial charge in [-0.25, -0.2) is 0 Å². The second-order valence-electron chi connectivity index (χ2n) is 7.78. The highest BCUT2D eigenvalue weighted by Gasteiger charge is 2.23. The van der Waals surface area contributed by atoms with E-state index in [4.69, 9.17) is 27.3 Å². The molecule has 2 atom stereocenters. The van der Waals surface area contributed by atoms with Gasteiger partial charge in [0.05, 0.1) is 5.39 Å². The molecule has 3 aromatic rings. The number of rotatable bonds is 5. The zero-order valence-electron chi connectivity index (χ0n) is 16.3. The molecule has 28 heavy (non-hydrogen) atoms. The molecule has 6 nitrogen and oxygen atoms in total. The van der Waals surface area contributed by atoms with Crippen LogP contribution in [0.3, 0.4) is 0 Å². The largest absolute Gasteiger partial charge is 0.350 e. The highest BCUT2D eigenvalue weighted by molar-refractivity contribution is 6.30. The van der Waals surface area contributed by atoms with E-state index in [0.29, 0.717) is 17.0 Å². The van der Waals surface area contributed by atoms with Crippen LogP contribution in [0.15, 0.2) is 36.5 Å². The normalized spacial score (nSPS) is 19.9. The van der Waals surface area contributed by atoms with Crippen molar-refractivity contribution in [3.63, 3.8) is 0 Å². The first-order chi connectivity index (χ1) is 13.5. The fourth-order valence-electron chi connectivity index (χ4n) is 3.82. The van der Waals surface area contributed by atoms with Crippen molar-refractivity contribution in [3.05, 3.63) is 41.6 Å². The molecular weight excluding hydrogens is 372 g/mol. The second kappa shape index (κ2) is 7.97. The van der Waals surface area contributed by atoms with Gasteiger partial charge in [-0.05, 0) is 51.0 Å². The lowest BCUT2D eigenvalue weighted by atomic mass is 9.91. The molecule has 4 N–H and O–H groups in total. The first kappa shape index (κ1) is 19.0. The molecule has 1 aromatic carbocycles. The third kappa shape index (κ3) is 3.93. The zero-order chi connectivity index (χ0) is 19.7. The molecule has 4 rings (SSSR count). The van der Waals surface area contributed by atoms with Crippen molar-refractivity contribution >= 4 is 40.1 Å². The van der Waals surface area contributed by atoms with Crippen LogP contribution in [0.1, 0.15) is 45.6 Å². The molecule has 1 fully saturated rings. The zero-order valence-corrected chi connectivity index (χ0v) is 17.1. The number of aromatic nitrogens is 3. The topological polar surface area (TPSA) is 80.8 Å². The maximum absolute atomic E-state index is 6.32. The molecule has 0 spiro atoms. The maximum Gasteiger partial charge on any atom is 0.226 e. The Hall–Kier alpha value is -2.31. The summed E-state index contributed by atoms with van der Waals surface area (Å²) in [5.74, 6) is 1.37. The van der Waals surface area contributed by atoms with E-state index >= 15 is 0 Å². The van der Waals surface area contributed by atoms with Gasteiger partial charge < -0.3 is 20.9 Å². The van der Waals surface area contributed by atoms with Crippen molar-refractivity contribution in [2.45, 2.75) is 57.7 Å². The first-order valence-corrected chi connectivity index (χ1v) is 10.3. The smallest absolute Gasteiger partial charge is 0.226 e. The van der Waals surface area contributed by atoms with Crippen molar-refractivity contribution < 1.29 is 0 Å². The summed E-state index contributed by atoms with van der Waals surface area (Å²) < 4.78 is 2.16. The summed E-state index contributed by atoms with van der Waals surface area (Å²) in [6, 6.07) is 10.3. The lowest BCUT2D eigenvalue weighted by Gasteiger charge is -2.29. The average Bonchev–Trinajstić information content (AvgIpc) is 3.08. The van der Waals surface area contributed by atoms with E-state index in [1.54, 1.807) is 0 Å². The van der Waals surface area contributed by atoms with Crippen molar-refractivity contribution in [1.29, 1.82) is 0 Å². The molecule has 0 aliphatic heterocycles. The molecule has 0 amide bonds. The maximum atomic E-state index is 6.32. The van der Waals surface area contributed by atoms with Gasteiger partial charge in [0.25, 0.3) is 0 Å². The standard InChI is InChI=1S/C21H27ClN6/c1-13(2)28-11-10-16-19(24-15-7-5-6-14(22)12-15)26-21(27-20(16)28)25-18-9-4-3-8-17(18)23/h5-7,10-13,17-18H,3-4,8-9,23H2,1-2H3,(H2,24,25,26,27)/t17-,18+/m1/s1. The molecule has 0 unspecified atom stereocenters. The summed E-state index contributed by atoms with van der Waals surface area (Å²) in [7, 11) is 0. The summed E-state index contributed by atoms with van der Waals surface area (Å²) in [4.78, 5) is 9.61. The van der Waals surface area contributed by atoms with Crippen molar-refractivity contribution in [1.82, 2.24) is 14.5 Å². The number of nitrogens with one attached hydrogen (secondary N) is 2. The van der Waals surface area contributed by atoms with Crippen LogP contribution < -0.4 is 16.4 Å². The van der Waals surface area contributed by atoms with Crippen LogP contribution in [0.4, 0.5) is 17.5 Å². The van der Waals surface area contributed by atoms with Gasteiger partial charge >= 0.3 is 0 Å². The van der Waals surface area contributed by atoms with Gasteiger partial charge in [-0.1, -0.05) is 30.5 Å². The summed E-state index contributed by atoms with van der Waals surface area (Å²) >= 11 is 6.15. The fourth-order valence-corrected chi connectivity index (χ4v) is 4.01. The van der Waals surface area contributed by atoms with Crippen LogP contribution in [-0.2, 0) is 0 Å². The van der Waals surface area contributed by atoms with Gasteiger partial charge in [-0.2, -0.15) is 9.97 Å². The van der Waals surface area contributed by atoms with Crippen molar-refractivity contribution in [2.24, 2.45) is 5.73 Å². The average molecular weight is 399 g/mol. The van der Waals surface area contributed by atoms with E-state index in [2.05, 4.69) is 41.3 Å². The molecule has 7 heteroatoms. The Kier molecular flexibility index (Phi) is 5.42. The van der Waals surface area contributed by atoms with E-state index in [9.17, 15) is 0 Å². The van der Waals surface area contributed by atoms with Gasteiger partial charge in [0, 0.05) is 35.0 Å². The summed E-state index contributed by atoms with van der Waals surface area (Å²) in [5, 5.41) is 8.56. The Balaban J connectivity index is 1.74. The summed E-state index contributed by atoms with van der Waals surface area (Å²) in [6.07, 6.45) is 6.52. The van der Waals surface area contributed by atoms with Crippen LogP contribution in [-0.4, -0.2) is 26.6 Å². The molecule has 2 aromatic heterocycles. The number of benzene rings is 1. The monoisotopic (exact) mass is 398 g/mol. The molecule has 1 saturated carbocycles. The first-order valence-electron chi connectivity index (χ1n) is 9.94. The summed E-state index contributed by atoms with van der Waals surface area (Å²) in [6.45, 7) is 4.30. The lowest BCUT2D eigenvalue weighted by Crippen LogP contribution is -2.43. The van der Waals surface area contributed by atoms with Gasteiger partial charge in [-0.15, -0.1) is 0 Å². The molecule has 0 saturated heterocycles. The molecule has 0 bridgehead atoms. The highest BCUT2D eigenvalue weighted by atomic mass is 35.5. The van der Waals surface area contributed by atoms with Crippen molar-refractivity contribution in [3.8, 4) is 0 Å². The lowest BCUT2D eigenvalue weighted by molar-refractivity contribution is 0.402. The van der Waals surface area contributed by atoms with Crippen LogP contribution in [0.2, 0.25) is 5.02 Å². The third-order valence-electron chi connectivity index (χ3n) is 5.35. The molecule has 0 radical (unpaired) electrons. The minimum absolute atomic E-state index is 0.134. The van der Waals surface area contributed by atoms with E-state index < -0.39 is 0 Å². The molecule has 148 valence electrons. The number of nitrogens with two attached hydrogens (primary N) is 1. The number of hydrogen-bond donors (Lipinski definition) is 3. The Morgan fingerprint density at radius 1 is 1.18 bits per heavy atom. The minimum atomic E-state index is 0.134. The Morgan fingerprint density at radius 3 is 2.75 bits per heavy atom. The number of nitrogens with zero attached hydrogens (tertiary/aromatic N) is 3. The number of anilines is 3. The van der Waals surface area contributed by atoms with Gasteiger partial charge in [0.2, 0.25) is 5.95 Å². The predicted octanol–water partition coefficient (Wildman–Crippen LogP) is 5.09. The fraction of sp³-hybridized carbons (Fsp3) is 0.429. The van der Waals surface area contributed by atoms with Gasteiger partial charge in [-0.3, -0.25) is 0 Å². The molecule has 2 heterocycles. The molecule has 1 aliphatic rings. The minimum Gasteiger partial charge on any atom is -0.350 e. The number of halogens is 1. The van der Waals surface area contributed by atoms with E-state index in [0.717, 1.165) is 35.4 Å². The third-order valence-corrected chi connectivity index (χ3v) is 5.58. The second-order valence-corrected chi connectivity index (χ2v) is 8.22. The van der Waals surface area contributed by atoms with Gasteiger partial charge in [0.1, 0.15) is 11.5 Å². The summed E-state index contributed by atoms with van der Waals surface area (Å²) in [5.41, 5.74) is 8.12. The Labute approximate surface area is 170 Å². The Morgan fingerprint density at radius 2 is 2.00 bits per heavy atom. The van der Waals surface area contributed by atoms with Crippen LogP contribution >= 0.6 is 11.6 Å². The van der Waals surface area contributed by atoms with E-state index in [1.165, 1.54) is 12.8 Å². The van der Waals surface area contributed by atoms with Crippen LogP contribution in [0.5, 0.6) is 0 Å². The van der Waals surface area contributed by atoms with Crippen LogP contribution in [0.25, 0.3) is 11.0 Å². The van der Waals surface area contributed by atoms with Gasteiger partial charge in [0.15, 0.2) is 0 Å². The van der Waals surface area contributed by atoms with E-state index in [1.807, 2.05) is 24.3 Å². The van der Waals surface area contributed by atoms with Crippen molar-refractivity contribution in [2.75, 3.05) is 10.6 Å². The van der Waals surface area contributed by atoms with E-state index in [-0.39, 0.29) is 12.1 Å². The molecular formula is C21H27ClN6. The SMILES string of the molecule is CC(C)n1ccc2c(Nc3cccc(Cl)c3)nc(N[C@H]3CCCC[C@H]3N)nc21.